The van der Waals surface area contributed by atoms with E-state index in [0.29, 0.717) is 22.4 Å². The minimum atomic E-state index is -0.311. The molecule has 3 rings (SSSR count). The molecule has 0 saturated carbocycles. The lowest BCUT2D eigenvalue weighted by Crippen LogP contribution is -2.33. The molecule has 3 N–H and O–H groups in total. The summed E-state index contributed by atoms with van der Waals surface area (Å²) in [6.07, 6.45) is 3.51. The predicted octanol–water partition coefficient (Wildman–Crippen LogP) is 3.49. The molecular formula is C19H18BrN5O3S. The third-order valence-electron chi connectivity index (χ3n) is 3.58. The van der Waals surface area contributed by atoms with Crippen LogP contribution in [0.3, 0.4) is 0 Å². The topological polar surface area (TPSA) is 113 Å². The van der Waals surface area contributed by atoms with Gasteiger partial charge in [0, 0.05) is 4.47 Å². The maximum absolute atomic E-state index is 11.9. The molecule has 0 radical (unpaired) electrons. The van der Waals surface area contributed by atoms with Gasteiger partial charge in [-0.2, -0.15) is 0 Å². The number of hydrogen-bond acceptors (Lipinski definition) is 6. The molecule has 8 nitrogen and oxygen atoms in total. The molecule has 0 aliphatic carbocycles. The maximum atomic E-state index is 11.9. The molecule has 0 atom stereocenters. The minimum Gasteiger partial charge on any atom is -0.462 e. The number of benzene rings is 1. The molecule has 150 valence electrons. The number of para-hydroxylation sites is 1. The average Bonchev–Trinajstić information content (AvgIpc) is 3.33. The highest BCUT2D eigenvalue weighted by atomic mass is 79.9. The van der Waals surface area contributed by atoms with Crippen LogP contribution in [0.4, 0.5) is 5.69 Å². The van der Waals surface area contributed by atoms with Gasteiger partial charge in [-0.1, -0.05) is 23.9 Å². The quantitative estimate of drug-likeness (QED) is 0.429. The number of carbonyl (C=O) groups is 2. The van der Waals surface area contributed by atoms with Crippen LogP contribution in [-0.2, 0) is 9.59 Å². The number of amides is 2. The number of rotatable bonds is 8. The molecule has 1 aromatic carbocycles. The molecule has 0 aliphatic rings. The Morgan fingerprint density at radius 2 is 2.03 bits per heavy atom. The van der Waals surface area contributed by atoms with Gasteiger partial charge in [-0.3, -0.25) is 14.7 Å². The van der Waals surface area contributed by atoms with E-state index in [1.54, 1.807) is 18.2 Å². The van der Waals surface area contributed by atoms with Crippen LogP contribution < -0.4 is 10.6 Å². The van der Waals surface area contributed by atoms with Crippen molar-refractivity contribution in [2.24, 2.45) is 0 Å². The Bertz CT molecular complexity index is 1030. The smallest absolute Gasteiger partial charge is 0.243 e. The van der Waals surface area contributed by atoms with Crippen LogP contribution in [0.15, 0.2) is 50.4 Å². The van der Waals surface area contributed by atoms with Crippen LogP contribution in [0.5, 0.6) is 0 Å². The lowest BCUT2D eigenvalue weighted by molar-refractivity contribution is -0.122. The van der Waals surface area contributed by atoms with E-state index >= 15 is 0 Å². The summed E-state index contributed by atoms with van der Waals surface area (Å²) in [5, 5.41) is 12.6. The number of aromatic amines is 1. The van der Waals surface area contributed by atoms with Gasteiger partial charge in [0.1, 0.15) is 17.3 Å². The summed E-state index contributed by atoms with van der Waals surface area (Å²) >= 11 is 4.52. The van der Waals surface area contributed by atoms with Crippen molar-refractivity contribution in [3.8, 4) is 0 Å². The lowest BCUT2D eigenvalue weighted by atomic mass is 10.3. The van der Waals surface area contributed by atoms with E-state index in [-0.39, 0.29) is 24.1 Å². The van der Waals surface area contributed by atoms with Crippen LogP contribution in [0, 0.1) is 6.92 Å². The molecule has 2 amide bonds. The third-order valence-corrected chi connectivity index (χ3v) is 5.11. The average molecular weight is 476 g/mol. The van der Waals surface area contributed by atoms with Crippen molar-refractivity contribution in [1.29, 1.82) is 0 Å². The van der Waals surface area contributed by atoms with Crippen molar-refractivity contribution in [1.82, 2.24) is 20.5 Å². The molecule has 2 heterocycles. The highest BCUT2D eigenvalue weighted by molar-refractivity contribution is 9.10. The monoisotopic (exact) mass is 475 g/mol. The van der Waals surface area contributed by atoms with Crippen LogP contribution in [-0.4, -0.2) is 39.3 Å². The molecule has 10 heteroatoms. The van der Waals surface area contributed by atoms with Gasteiger partial charge >= 0.3 is 0 Å². The number of aromatic nitrogens is 3. The third kappa shape index (κ3) is 6.61. The van der Waals surface area contributed by atoms with E-state index in [1.807, 2.05) is 37.3 Å². The zero-order chi connectivity index (χ0) is 20.6. The van der Waals surface area contributed by atoms with E-state index in [4.69, 9.17) is 4.42 Å². The first-order valence-corrected chi connectivity index (χ1v) is 10.4. The first-order valence-electron chi connectivity index (χ1n) is 8.60. The summed E-state index contributed by atoms with van der Waals surface area (Å²) in [6, 6.07) is 11.0. The number of aryl methyl sites for hydroxylation is 1. The van der Waals surface area contributed by atoms with Crippen LogP contribution in [0.1, 0.15) is 17.3 Å². The number of anilines is 1. The number of thioether (sulfide) groups is 1. The Labute approximate surface area is 179 Å². The molecule has 29 heavy (non-hydrogen) atoms. The fraction of sp³-hybridized carbons (Fsp3) is 0.158. The fourth-order valence-electron chi connectivity index (χ4n) is 2.22. The lowest BCUT2D eigenvalue weighted by Gasteiger charge is -2.08. The number of H-pyrrole nitrogens is 1. The largest absolute Gasteiger partial charge is 0.462 e. The summed E-state index contributed by atoms with van der Waals surface area (Å²) in [5.74, 6) is 1.59. The number of hydrogen-bond donors (Lipinski definition) is 3. The highest BCUT2D eigenvalue weighted by Gasteiger charge is 2.10. The van der Waals surface area contributed by atoms with Crippen LogP contribution >= 0.6 is 27.7 Å². The zero-order valence-corrected chi connectivity index (χ0v) is 17.8. The summed E-state index contributed by atoms with van der Waals surface area (Å²) in [7, 11) is 0. The first kappa shape index (κ1) is 20.9. The summed E-state index contributed by atoms with van der Waals surface area (Å²) in [4.78, 5) is 28.2. The number of nitrogens with one attached hydrogen (secondary N) is 3. The van der Waals surface area contributed by atoms with Gasteiger partial charge in [0.05, 0.1) is 18.0 Å². The molecular weight excluding hydrogens is 458 g/mol. The molecule has 2 aromatic heterocycles. The first-order chi connectivity index (χ1) is 14.0. The van der Waals surface area contributed by atoms with Crippen LogP contribution in [0.25, 0.3) is 12.2 Å². The number of nitrogens with zero attached hydrogens (tertiary/aromatic N) is 2. The summed E-state index contributed by atoms with van der Waals surface area (Å²) < 4.78 is 6.21. The second-order valence-electron chi connectivity index (χ2n) is 5.88. The number of furan rings is 1. The fourth-order valence-corrected chi connectivity index (χ4v) is 3.24. The van der Waals surface area contributed by atoms with Gasteiger partial charge < -0.3 is 15.1 Å². The highest BCUT2D eigenvalue weighted by Crippen LogP contribution is 2.20. The van der Waals surface area contributed by atoms with E-state index < -0.39 is 0 Å². The van der Waals surface area contributed by atoms with Crippen molar-refractivity contribution in [3.63, 3.8) is 0 Å². The van der Waals surface area contributed by atoms with Crippen molar-refractivity contribution < 1.29 is 14.0 Å². The van der Waals surface area contributed by atoms with Crippen molar-refractivity contribution in [2.75, 3.05) is 17.6 Å². The molecule has 0 aliphatic heterocycles. The molecule has 0 saturated heterocycles. The number of carbonyl (C=O) groups excluding carboxylic acids is 2. The van der Waals surface area contributed by atoms with Gasteiger partial charge in [0.15, 0.2) is 0 Å². The van der Waals surface area contributed by atoms with Gasteiger partial charge in [0.25, 0.3) is 0 Å². The maximum Gasteiger partial charge on any atom is 0.243 e. The van der Waals surface area contributed by atoms with Gasteiger partial charge in [0.2, 0.25) is 17.0 Å². The summed E-state index contributed by atoms with van der Waals surface area (Å²) in [5.41, 5.74) is 0.645. The Morgan fingerprint density at radius 1 is 1.21 bits per heavy atom. The SMILES string of the molecule is Cc1ccc(C=Cc2nc(SCC(=O)NCC(=O)Nc3ccccc3Br)n[nH]2)o1. The normalized spacial score (nSPS) is 11.0. The van der Waals surface area contributed by atoms with E-state index in [2.05, 4.69) is 41.7 Å². The zero-order valence-electron chi connectivity index (χ0n) is 15.4. The second-order valence-corrected chi connectivity index (χ2v) is 7.68. The van der Waals surface area contributed by atoms with E-state index in [9.17, 15) is 9.59 Å². The van der Waals surface area contributed by atoms with E-state index in [0.717, 1.165) is 10.2 Å². The number of halogens is 1. The molecule has 0 spiro atoms. The second kappa shape index (κ2) is 10.1. The standard InChI is InChI=1S/C19H18BrN5O3S/c1-12-6-7-13(28-12)8-9-16-23-19(25-24-16)29-11-18(27)21-10-17(26)22-15-5-3-2-4-14(15)20/h2-9H,10-11H2,1H3,(H,21,27)(H,22,26)(H,23,24,25). The van der Waals surface area contributed by atoms with Crippen molar-refractivity contribution in [2.45, 2.75) is 12.1 Å². The molecule has 0 fully saturated rings. The molecule has 0 bridgehead atoms. The van der Waals surface area contributed by atoms with Gasteiger partial charge in [-0.05, 0) is 59.3 Å². The van der Waals surface area contributed by atoms with E-state index in [1.165, 1.54) is 11.8 Å². The van der Waals surface area contributed by atoms with Crippen molar-refractivity contribution in [3.05, 3.63) is 58.2 Å². The predicted molar refractivity (Wildman–Crippen MR) is 115 cm³/mol. The Morgan fingerprint density at radius 3 is 2.79 bits per heavy atom. The Hall–Kier alpha value is -2.85. The van der Waals surface area contributed by atoms with Gasteiger partial charge in [-0.25, -0.2) is 4.98 Å². The van der Waals surface area contributed by atoms with Crippen molar-refractivity contribution >= 4 is 57.3 Å². The minimum absolute atomic E-state index is 0.0979. The summed E-state index contributed by atoms with van der Waals surface area (Å²) in [6.45, 7) is 1.75. The van der Waals surface area contributed by atoms with Crippen LogP contribution in [0.2, 0.25) is 0 Å². The molecule has 3 aromatic rings. The Balaban J connectivity index is 1.40. The Kier molecular flexibility index (Phi) is 7.25. The van der Waals surface area contributed by atoms with Gasteiger partial charge in [-0.15, -0.1) is 5.10 Å². The molecule has 0 unspecified atom stereocenters.